The van der Waals surface area contributed by atoms with E-state index in [-0.39, 0.29) is 23.7 Å². The Bertz CT molecular complexity index is 666. The molecule has 26 heavy (non-hydrogen) atoms. The van der Waals surface area contributed by atoms with Gasteiger partial charge in [0.2, 0.25) is 0 Å². The van der Waals surface area contributed by atoms with Gasteiger partial charge in [0.15, 0.2) is 17.6 Å². The van der Waals surface area contributed by atoms with E-state index >= 15 is 0 Å². The number of hydrogen-bond donors (Lipinski definition) is 2. The number of halogens is 2. The van der Waals surface area contributed by atoms with Crippen molar-refractivity contribution in [2.75, 3.05) is 6.61 Å². The second-order valence-corrected chi connectivity index (χ2v) is 5.40. The van der Waals surface area contributed by atoms with Gasteiger partial charge in [-0.15, -0.1) is 0 Å². The molecule has 3 N–H and O–H groups in total. The number of alkyl halides is 2. The van der Waals surface area contributed by atoms with Crippen molar-refractivity contribution in [3.05, 3.63) is 23.8 Å². The molecule has 1 aromatic rings. The second-order valence-electron chi connectivity index (χ2n) is 5.40. The summed E-state index contributed by atoms with van der Waals surface area (Å²) in [6.07, 6.45) is -1.28. The van der Waals surface area contributed by atoms with Gasteiger partial charge in [0.25, 0.3) is 5.91 Å². The van der Waals surface area contributed by atoms with Crippen LogP contribution in [0.2, 0.25) is 0 Å². The van der Waals surface area contributed by atoms with Crippen molar-refractivity contribution >= 4 is 17.9 Å². The van der Waals surface area contributed by atoms with Crippen molar-refractivity contribution in [2.24, 2.45) is 11.7 Å². The molecule has 1 atom stereocenters. The van der Waals surface area contributed by atoms with Crippen molar-refractivity contribution in [1.82, 2.24) is 5.32 Å². The summed E-state index contributed by atoms with van der Waals surface area (Å²) in [6, 6.07) is 2.39. The molecule has 8 nitrogen and oxygen atoms in total. The van der Waals surface area contributed by atoms with Crippen molar-refractivity contribution in [3.8, 4) is 11.5 Å². The van der Waals surface area contributed by atoms with Gasteiger partial charge in [-0.2, -0.15) is 8.78 Å². The summed E-state index contributed by atoms with van der Waals surface area (Å²) in [4.78, 5) is 35.0. The van der Waals surface area contributed by atoms with Crippen LogP contribution < -0.4 is 20.5 Å². The third-order valence-electron chi connectivity index (χ3n) is 3.04. The van der Waals surface area contributed by atoms with Crippen molar-refractivity contribution < 1.29 is 37.4 Å². The predicted molar refractivity (Wildman–Crippen MR) is 86.0 cm³/mol. The lowest BCUT2D eigenvalue weighted by Gasteiger charge is -2.20. The molecule has 0 aromatic heterocycles. The first-order valence-electron chi connectivity index (χ1n) is 7.68. The highest BCUT2D eigenvalue weighted by atomic mass is 19.3. The molecule has 0 spiro atoms. The average molecular weight is 374 g/mol. The van der Waals surface area contributed by atoms with Crippen LogP contribution in [0.1, 0.15) is 31.1 Å². The number of nitrogens with two attached hydrogens (primary N) is 1. The Balaban J connectivity index is 3.01. The number of rotatable bonds is 8. The monoisotopic (exact) mass is 374 g/mol. The number of primary amides is 1. The van der Waals surface area contributed by atoms with Crippen LogP contribution in [0.15, 0.2) is 18.2 Å². The number of esters is 1. The predicted octanol–water partition coefficient (Wildman–Crippen LogP) is 2.06. The van der Waals surface area contributed by atoms with Gasteiger partial charge in [-0.3, -0.25) is 10.1 Å². The summed E-state index contributed by atoms with van der Waals surface area (Å²) in [5.74, 6) is -2.56. The highest BCUT2D eigenvalue weighted by Gasteiger charge is 2.28. The van der Waals surface area contributed by atoms with E-state index in [9.17, 15) is 23.2 Å². The van der Waals surface area contributed by atoms with Crippen molar-refractivity contribution in [1.29, 1.82) is 0 Å². The average Bonchev–Trinajstić information content (AvgIpc) is 2.52. The van der Waals surface area contributed by atoms with E-state index in [4.69, 9.17) is 15.2 Å². The number of carbonyl (C=O) groups excluding carboxylic acids is 3. The quantitative estimate of drug-likeness (QED) is 0.673. The number of hydrogen-bond acceptors (Lipinski definition) is 6. The van der Waals surface area contributed by atoms with Gasteiger partial charge in [-0.25, -0.2) is 9.59 Å². The number of benzene rings is 1. The molecule has 0 aliphatic carbocycles. The maximum Gasteiger partial charge on any atom is 0.387 e. The summed E-state index contributed by atoms with van der Waals surface area (Å²) >= 11 is 0. The molecular formula is C16H20F2N2O6. The number of carbonyl (C=O) groups is 3. The van der Waals surface area contributed by atoms with Gasteiger partial charge >= 0.3 is 18.6 Å². The zero-order valence-electron chi connectivity index (χ0n) is 14.5. The fourth-order valence-electron chi connectivity index (χ4n) is 1.96. The molecule has 3 amide bonds. The van der Waals surface area contributed by atoms with Crippen molar-refractivity contribution in [2.45, 2.75) is 33.5 Å². The molecule has 0 saturated heterocycles. The van der Waals surface area contributed by atoms with Crippen LogP contribution in [-0.4, -0.2) is 37.2 Å². The van der Waals surface area contributed by atoms with E-state index in [2.05, 4.69) is 4.74 Å². The van der Waals surface area contributed by atoms with Gasteiger partial charge < -0.3 is 19.9 Å². The van der Waals surface area contributed by atoms with E-state index in [0.717, 1.165) is 12.1 Å². The van der Waals surface area contributed by atoms with Crippen LogP contribution in [-0.2, 0) is 9.53 Å². The highest BCUT2D eigenvalue weighted by Crippen LogP contribution is 2.30. The minimum absolute atomic E-state index is 0.0485. The number of nitrogens with one attached hydrogen (secondary N) is 1. The third-order valence-corrected chi connectivity index (χ3v) is 3.04. The molecule has 0 aliphatic heterocycles. The van der Waals surface area contributed by atoms with Crippen LogP contribution in [0.3, 0.4) is 0 Å². The zero-order chi connectivity index (χ0) is 19.9. The molecule has 0 fully saturated rings. The van der Waals surface area contributed by atoms with Crippen LogP contribution >= 0.6 is 0 Å². The third kappa shape index (κ3) is 6.19. The Labute approximate surface area is 148 Å². The standard InChI is InChI=1S/C16H20F2N2O6/c1-4-24-11-7-9(5-6-10(11)25-15(17)18)14(22)26-12(8(2)3)13(21)20-16(19)23/h5-8,12,15H,4H2,1-3H3,(H3,19,20,21,23)/t12-/m0/s1. The number of urea groups is 1. The molecular weight excluding hydrogens is 354 g/mol. The Hall–Kier alpha value is -2.91. The van der Waals surface area contributed by atoms with E-state index < -0.39 is 36.5 Å². The maximum atomic E-state index is 12.4. The van der Waals surface area contributed by atoms with E-state index in [0.29, 0.717) is 0 Å². The maximum absolute atomic E-state index is 12.4. The lowest BCUT2D eigenvalue weighted by Crippen LogP contribution is -2.45. The molecule has 0 radical (unpaired) electrons. The van der Waals surface area contributed by atoms with Gasteiger partial charge in [-0.05, 0) is 31.0 Å². The molecule has 0 heterocycles. The fraction of sp³-hybridized carbons (Fsp3) is 0.438. The Morgan fingerprint density at radius 3 is 2.35 bits per heavy atom. The van der Waals surface area contributed by atoms with Gasteiger partial charge in [0.1, 0.15) is 0 Å². The Morgan fingerprint density at radius 1 is 1.19 bits per heavy atom. The topological polar surface area (TPSA) is 117 Å². The summed E-state index contributed by atoms with van der Waals surface area (Å²) in [6.45, 7) is 1.91. The first kappa shape index (κ1) is 21.1. The van der Waals surface area contributed by atoms with Crippen LogP contribution in [0.5, 0.6) is 11.5 Å². The molecule has 1 aromatic carbocycles. The molecule has 0 aliphatic rings. The smallest absolute Gasteiger partial charge is 0.387 e. The Kier molecular flexibility index (Phi) is 7.76. The summed E-state index contributed by atoms with van der Waals surface area (Å²) in [5.41, 5.74) is 4.83. The van der Waals surface area contributed by atoms with Crippen LogP contribution in [0.25, 0.3) is 0 Å². The minimum atomic E-state index is -3.06. The Morgan fingerprint density at radius 2 is 1.85 bits per heavy atom. The van der Waals surface area contributed by atoms with Crippen LogP contribution in [0, 0.1) is 5.92 Å². The lowest BCUT2D eigenvalue weighted by molar-refractivity contribution is -0.130. The van der Waals surface area contributed by atoms with E-state index in [1.54, 1.807) is 20.8 Å². The molecule has 0 saturated carbocycles. The number of ether oxygens (including phenoxy) is 3. The molecule has 10 heteroatoms. The first-order valence-corrected chi connectivity index (χ1v) is 7.68. The molecule has 0 unspecified atom stereocenters. The van der Waals surface area contributed by atoms with Gasteiger partial charge in [-0.1, -0.05) is 13.8 Å². The summed E-state index contributed by atoms with van der Waals surface area (Å²) in [7, 11) is 0. The number of imide groups is 1. The first-order chi connectivity index (χ1) is 12.1. The SMILES string of the molecule is CCOc1cc(C(=O)O[C@H](C(=O)NC(N)=O)C(C)C)ccc1OC(F)F. The fourth-order valence-corrected chi connectivity index (χ4v) is 1.96. The normalized spacial score (nSPS) is 11.8. The summed E-state index contributed by atoms with van der Waals surface area (Å²) in [5, 5.41) is 1.84. The lowest BCUT2D eigenvalue weighted by atomic mass is 10.1. The highest BCUT2D eigenvalue weighted by molar-refractivity contribution is 5.98. The second kappa shape index (κ2) is 9.54. The molecule has 1 rings (SSSR count). The minimum Gasteiger partial charge on any atom is -0.490 e. The van der Waals surface area contributed by atoms with Crippen molar-refractivity contribution in [3.63, 3.8) is 0 Å². The van der Waals surface area contributed by atoms with Gasteiger partial charge in [0, 0.05) is 0 Å². The largest absolute Gasteiger partial charge is 0.490 e. The van der Waals surface area contributed by atoms with E-state index in [1.807, 2.05) is 5.32 Å². The number of amides is 3. The zero-order valence-corrected chi connectivity index (χ0v) is 14.5. The molecule has 0 bridgehead atoms. The molecule has 144 valence electrons. The van der Waals surface area contributed by atoms with E-state index in [1.165, 1.54) is 6.07 Å². The van der Waals surface area contributed by atoms with Gasteiger partial charge in [0.05, 0.1) is 12.2 Å². The van der Waals surface area contributed by atoms with Crippen LogP contribution in [0.4, 0.5) is 13.6 Å². The summed E-state index contributed by atoms with van der Waals surface area (Å²) < 4.78 is 39.4.